The molecular weight excluding hydrogens is 436 g/mol. The molecule has 1 fully saturated rings. The standard InChI is InChI=1S/C25H28N4O5/c1-24(2,15-30)22(33)29(19-7-5-4-6-8-19)14-20(31)26-18-10-9-16-12-25(13-17(16)11-18)21(32)27-23(34)28(25)3/h4-11,30H,12-15H2,1-3H3,(H,26,31)(H,27,32,34). The number of benzene rings is 2. The van der Waals surface area contributed by atoms with E-state index in [1.54, 1.807) is 57.3 Å². The number of hydrogen-bond acceptors (Lipinski definition) is 5. The number of para-hydroxylation sites is 1. The van der Waals surface area contributed by atoms with E-state index in [0.717, 1.165) is 11.1 Å². The van der Waals surface area contributed by atoms with Crippen molar-refractivity contribution in [2.75, 3.05) is 30.4 Å². The van der Waals surface area contributed by atoms with Crippen molar-refractivity contribution in [1.82, 2.24) is 10.2 Å². The zero-order valence-corrected chi connectivity index (χ0v) is 19.4. The van der Waals surface area contributed by atoms with Gasteiger partial charge in [-0.15, -0.1) is 0 Å². The lowest BCUT2D eigenvalue weighted by Crippen LogP contribution is -2.48. The Balaban J connectivity index is 1.51. The van der Waals surface area contributed by atoms with Crippen LogP contribution >= 0.6 is 0 Å². The first-order valence-electron chi connectivity index (χ1n) is 11.1. The lowest BCUT2D eigenvalue weighted by molar-refractivity contribution is -0.129. The molecule has 9 nitrogen and oxygen atoms in total. The molecule has 1 heterocycles. The van der Waals surface area contributed by atoms with Crippen LogP contribution in [0, 0.1) is 5.41 Å². The summed E-state index contributed by atoms with van der Waals surface area (Å²) in [6.07, 6.45) is 0.774. The highest BCUT2D eigenvalue weighted by Gasteiger charge is 2.54. The summed E-state index contributed by atoms with van der Waals surface area (Å²) in [4.78, 5) is 53.3. The van der Waals surface area contributed by atoms with Crippen LogP contribution in [-0.4, -0.2) is 59.5 Å². The van der Waals surface area contributed by atoms with E-state index in [4.69, 9.17) is 0 Å². The summed E-state index contributed by atoms with van der Waals surface area (Å²) in [6, 6.07) is 13.8. The Kier molecular flexibility index (Phi) is 5.91. The number of rotatable bonds is 6. The van der Waals surface area contributed by atoms with Gasteiger partial charge < -0.3 is 20.2 Å². The fraction of sp³-hybridized carbons (Fsp3) is 0.360. The average molecular weight is 465 g/mol. The summed E-state index contributed by atoms with van der Waals surface area (Å²) in [6.45, 7) is 2.67. The van der Waals surface area contributed by atoms with Crippen LogP contribution in [0.25, 0.3) is 0 Å². The van der Waals surface area contributed by atoms with E-state index >= 15 is 0 Å². The van der Waals surface area contributed by atoms with Gasteiger partial charge in [0.1, 0.15) is 12.1 Å². The summed E-state index contributed by atoms with van der Waals surface area (Å²) in [5, 5.41) is 14.9. The van der Waals surface area contributed by atoms with Crippen LogP contribution in [0.4, 0.5) is 16.2 Å². The molecule has 0 bridgehead atoms. The number of imide groups is 1. The van der Waals surface area contributed by atoms with Gasteiger partial charge >= 0.3 is 6.03 Å². The van der Waals surface area contributed by atoms with Gasteiger partial charge in [0.25, 0.3) is 5.91 Å². The monoisotopic (exact) mass is 464 g/mol. The highest BCUT2D eigenvalue weighted by Crippen LogP contribution is 2.38. The van der Waals surface area contributed by atoms with E-state index in [0.29, 0.717) is 24.2 Å². The van der Waals surface area contributed by atoms with Gasteiger partial charge in [0, 0.05) is 31.3 Å². The Morgan fingerprint density at radius 2 is 1.79 bits per heavy atom. The zero-order chi connectivity index (χ0) is 24.7. The number of urea groups is 1. The maximum absolute atomic E-state index is 13.1. The molecule has 1 aliphatic heterocycles. The van der Waals surface area contributed by atoms with Crippen LogP contribution in [0.2, 0.25) is 0 Å². The molecule has 3 N–H and O–H groups in total. The number of anilines is 2. The van der Waals surface area contributed by atoms with Gasteiger partial charge in [-0.05, 0) is 49.2 Å². The molecule has 1 unspecified atom stereocenters. The molecule has 178 valence electrons. The molecule has 2 aliphatic rings. The molecule has 1 atom stereocenters. The van der Waals surface area contributed by atoms with Gasteiger partial charge in [0.15, 0.2) is 0 Å². The van der Waals surface area contributed by atoms with E-state index in [2.05, 4.69) is 10.6 Å². The van der Waals surface area contributed by atoms with Crippen LogP contribution in [0.5, 0.6) is 0 Å². The molecule has 1 spiro atoms. The van der Waals surface area contributed by atoms with Gasteiger partial charge in [0.2, 0.25) is 11.8 Å². The smallest absolute Gasteiger partial charge is 0.324 e. The largest absolute Gasteiger partial charge is 0.395 e. The number of amides is 5. The Morgan fingerprint density at radius 3 is 2.41 bits per heavy atom. The fourth-order valence-electron chi connectivity index (χ4n) is 4.44. The van der Waals surface area contributed by atoms with Crippen molar-refractivity contribution in [3.63, 3.8) is 0 Å². The third-order valence-electron chi connectivity index (χ3n) is 6.63. The van der Waals surface area contributed by atoms with Crippen molar-refractivity contribution in [3.05, 3.63) is 59.7 Å². The van der Waals surface area contributed by atoms with Crippen LogP contribution in [-0.2, 0) is 27.2 Å². The molecule has 2 aromatic carbocycles. The van der Waals surface area contributed by atoms with Crippen LogP contribution in [0.3, 0.4) is 0 Å². The van der Waals surface area contributed by atoms with Crippen molar-refractivity contribution in [2.24, 2.45) is 5.41 Å². The second-order valence-electron chi connectivity index (χ2n) is 9.50. The zero-order valence-electron chi connectivity index (χ0n) is 19.4. The lowest BCUT2D eigenvalue weighted by Gasteiger charge is -2.30. The van der Waals surface area contributed by atoms with E-state index in [1.165, 1.54) is 9.80 Å². The first-order valence-corrected chi connectivity index (χ1v) is 11.1. The van der Waals surface area contributed by atoms with Crippen molar-refractivity contribution < 1.29 is 24.3 Å². The van der Waals surface area contributed by atoms with Gasteiger partial charge in [-0.2, -0.15) is 0 Å². The quantitative estimate of drug-likeness (QED) is 0.562. The maximum Gasteiger partial charge on any atom is 0.324 e. The topological polar surface area (TPSA) is 119 Å². The second kappa shape index (κ2) is 8.57. The molecule has 9 heteroatoms. The number of aliphatic hydroxyl groups excluding tert-OH is 1. The third kappa shape index (κ3) is 4.03. The van der Waals surface area contributed by atoms with Gasteiger partial charge in [-0.25, -0.2) is 4.79 Å². The summed E-state index contributed by atoms with van der Waals surface area (Å²) < 4.78 is 0. The summed E-state index contributed by atoms with van der Waals surface area (Å²) >= 11 is 0. The molecule has 34 heavy (non-hydrogen) atoms. The molecule has 0 saturated carbocycles. The SMILES string of the molecule is CN1C(=O)NC(=O)C12Cc1ccc(NC(=O)CN(C(=O)C(C)(C)CO)c3ccccc3)cc1C2. The molecule has 0 aromatic heterocycles. The number of nitrogens with one attached hydrogen (secondary N) is 2. The number of carbonyl (C=O) groups excluding carboxylic acids is 4. The predicted octanol–water partition coefficient (Wildman–Crippen LogP) is 1.70. The highest BCUT2D eigenvalue weighted by atomic mass is 16.3. The van der Waals surface area contributed by atoms with Crippen LogP contribution in [0.1, 0.15) is 25.0 Å². The Bertz CT molecular complexity index is 1160. The summed E-state index contributed by atoms with van der Waals surface area (Å²) in [5.41, 5.74) is 0.931. The minimum atomic E-state index is -1.05. The van der Waals surface area contributed by atoms with Crippen molar-refractivity contribution in [2.45, 2.75) is 32.2 Å². The molecule has 4 rings (SSSR count). The first kappa shape index (κ1) is 23.4. The number of fused-ring (bicyclic) bond motifs is 1. The van der Waals surface area contributed by atoms with Crippen LogP contribution < -0.4 is 15.5 Å². The molecule has 1 aliphatic carbocycles. The van der Waals surface area contributed by atoms with E-state index in [9.17, 15) is 24.3 Å². The Hall–Kier alpha value is -3.72. The van der Waals surface area contributed by atoms with Gasteiger partial charge in [-0.1, -0.05) is 24.3 Å². The molecule has 5 amide bonds. The molecular formula is C25H28N4O5. The van der Waals surface area contributed by atoms with Crippen LogP contribution in [0.15, 0.2) is 48.5 Å². The van der Waals surface area contributed by atoms with E-state index < -0.39 is 22.9 Å². The molecule has 2 aromatic rings. The average Bonchev–Trinajstić information content (AvgIpc) is 3.30. The second-order valence-corrected chi connectivity index (χ2v) is 9.50. The number of likely N-dealkylation sites (N-methyl/N-ethyl adjacent to an activating group) is 1. The predicted molar refractivity (Wildman–Crippen MR) is 126 cm³/mol. The van der Waals surface area contributed by atoms with Gasteiger partial charge in [-0.3, -0.25) is 19.7 Å². The molecule has 0 radical (unpaired) electrons. The fourth-order valence-corrected chi connectivity index (χ4v) is 4.44. The van der Waals surface area contributed by atoms with E-state index in [1.807, 2.05) is 12.1 Å². The first-order chi connectivity index (χ1) is 16.1. The van der Waals surface area contributed by atoms with Crippen molar-refractivity contribution in [3.8, 4) is 0 Å². The minimum absolute atomic E-state index is 0.229. The number of hydrogen-bond donors (Lipinski definition) is 3. The number of aliphatic hydroxyl groups is 1. The van der Waals surface area contributed by atoms with Crippen molar-refractivity contribution >= 4 is 35.1 Å². The van der Waals surface area contributed by atoms with Crippen molar-refractivity contribution in [1.29, 1.82) is 0 Å². The maximum atomic E-state index is 13.1. The number of nitrogens with zero attached hydrogens (tertiary/aromatic N) is 2. The van der Waals surface area contributed by atoms with Gasteiger partial charge in [0.05, 0.1) is 12.0 Å². The Morgan fingerprint density at radius 1 is 1.12 bits per heavy atom. The van der Waals surface area contributed by atoms with E-state index in [-0.39, 0.29) is 25.0 Å². The number of carbonyl (C=O) groups is 4. The highest BCUT2D eigenvalue weighted by molar-refractivity contribution is 6.08. The summed E-state index contributed by atoms with van der Waals surface area (Å²) in [5.74, 6) is -1.08. The molecule has 1 saturated heterocycles. The normalized spacial score (nSPS) is 19.2. The summed E-state index contributed by atoms with van der Waals surface area (Å²) in [7, 11) is 1.61. The lowest BCUT2D eigenvalue weighted by atomic mass is 9.92. The Labute approximate surface area is 197 Å². The third-order valence-corrected chi connectivity index (χ3v) is 6.63. The minimum Gasteiger partial charge on any atom is -0.395 e.